The van der Waals surface area contributed by atoms with Gasteiger partial charge in [0.05, 0.1) is 12.6 Å². The molecule has 0 aromatic heterocycles. The lowest BCUT2D eigenvalue weighted by Gasteiger charge is -2.47. The Balaban J connectivity index is 1.72. The van der Waals surface area contributed by atoms with Gasteiger partial charge in [0.15, 0.2) is 5.84 Å². The van der Waals surface area contributed by atoms with Gasteiger partial charge in [0.1, 0.15) is 17.2 Å². The summed E-state index contributed by atoms with van der Waals surface area (Å²) < 4.78 is 13.8. The van der Waals surface area contributed by atoms with E-state index in [1.54, 1.807) is 24.3 Å². The maximum atomic E-state index is 14.5. The van der Waals surface area contributed by atoms with Gasteiger partial charge in [-0.25, -0.2) is 9.92 Å². The van der Waals surface area contributed by atoms with E-state index in [9.17, 15) is 14.0 Å². The van der Waals surface area contributed by atoms with Gasteiger partial charge in [-0.3, -0.25) is 14.6 Å². The zero-order valence-electron chi connectivity index (χ0n) is 26.8. The number of rotatable bonds is 8. The highest BCUT2D eigenvalue weighted by molar-refractivity contribution is 6.46. The van der Waals surface area contributed by atoms with Crippen LogP contribution in [0.15, 0.2) is 63.7 Å². The molecule has 0 unspecified atom stereocenters. The largest absolute Gasteiger partial charge is 0.345 e. The van der Waals surface area contributed by atoms with E-state index in [0.29, 0.717) is 22.8 Å². The van der Waals surface area contributed by atoms with Crippen molar-refractivity contribution in [3.05, 3.63) is 71.0 Å². The van der Waals surface area contributed by atoms with Gasteiger partial charge in [-0.05, 0) is 97.2 Å². The number of hydrogen-bond donors (Lipinski definition) is 3. The number of carbonyl (C=O) groups excluding carboxylic acids is 2. The third-order valence-corrected chi connectivity index (χ3v) is 9.04. The number of aliphatic imine (C=N–C) groups is 1. The van der Waals surface area contributed by atoms with Crippen molar-refractivity contribution in [2.45, 2.75) is 91.8 Å². The summed E-state index contributed by atoms with van der Waals surface area (Å²) in [6.07, 6.45) is 5.01. The first-order valence-electron chi connectivity index (χ1n) is 15.4. The van der Waals surface area contributed by atoms with Crippen LogP contribution >= 0.6 is 0 Å². The molecule has 2 amide bonds. The van der Waals surface area contributed by atoms with E-state index in [0.717, 1.165) is 44.1 Å². The molecule has 4 N–H and O–H groups in total. The SMILES string of the molecule is CC(C)(C)CC[C@H](c1ccc(C(=O)NC/C(N=N)=N/N)cc1)N1C(=O)C(c2ccc(F)cc2)=NC12CCC(C(C)(C)C)CC2. The number of benzene rings is 2. The highest BCUT2D eigenvalue weighted by Crippen LogP contribution is 2.50. The molecule has 2 aromatic carbocycles. The van der Waals surface area contributed by atoms with Crippen LogP contribution in [0.25, 0.3) is 0 Å². The van der Waals surface area contributed by atoms with Crippen molar-refractivity contribution >= 4 is 23.4 Å². The standard InChI is InChI=1S/C34H46FN7O2/c1-32(2,3)18-17-27(22-7-9-24(10-8-22)30(43)38-21-28(40-36)41-37)42-31(44)29(23-11-13-26(35)14-12-23)39-34(42)19-15-25(16-20-34)33(4,5)6/h7-14,25,27,36H,15-21,37H2,1-6H3,(H,38,43)/b40-36?,41-28-/t25?,27-,34?/m1/s1. The Morgan fingerprint density at radius 1 is 1.09 bits per heavy atom. The molecule has 4 rings (SSSR count). The van der Waals surface area contributed by atoms with Crippen molar-refractivity contribution < 1.29 is 14.0 Å². The zero-order chi connectivity index (χ0) is 32.3. The first-order chi connectivity index (χ1) is 20.7. The van der Waals surface area contributed by atoms with Crippen LogP contribution in [0.2, 0.25) is 0 Å². The fourth-order valence-corrected chi connectivity index (χ4v) is 6.39. The molecule has 1 fully saturated rings. The Morgan fingerprint density at radius 3 is 2.23 bits per heavy atom. The molecule has 44 heavy (non-hydrogen) atoms. The maximum absolute atomic E-state index is 14.5. The molecule has 1 spiro atoms. The highest BCUT2D eigenvalue weighted by Gasteiger charge is 2.52. The van der Waals surface area contributed by atoms with E-state index < -0.39 is 5.66 Å². The topological polar surface area (TPSA) is 136 Å². The van der Waals surface area contributed by atoms with Crippen molar-refractivity contribution in [1.82, 2.24) is 10.2 Å². The molecule has 0 saturated heterocycles. The van der Waals surface area contributed by atoms with Crippen LogP contribution in [-0.2, 0) is 4.79 Å². The maximum Gasteiger partial charge on any atom is 0.275 e. The summed E-state index contributed by atoms with van der Waals surface area (Å²) in [6, 6.07) is 13.1. The molecule has 2 aliphatic rings. The van der Waals surface area contributed by atoms with Crippen molar-refractivity contribution in [3.63, 3.8) is 0 Å². The molecular weight excluding hydrogens is 557 g/mol. The Kier molecular flexibility index (Phi) is 9.71. The molecule has 10 heteroatoms. The van der Waals surface area contributed by atoms with Gasteiger partial charge >= 0.3 is 0 Å². The number of nitrogens with zero attached hydrogens (tertiary/aromatic N) is 4. The summed E-state index contributed by atoms with van der Waals surface area (Å²) in [6.45, 7) is 13.3. The molecule has 1 aliphatic heterocycles. The third-order valence-electron chi connectivity index (χ3n) is 9.04. The average Bonchev–Trinajstić information content (AvgIpc) is 3.24. The number of amides is 2. The Bertz CT molecular complexity index is 1410. The summed E-state index contributed by atoms with van der Waals surface area (Å²) in [5, 5.41) is 9.23. The zero-order valence-corrected chi connectivity index (χ0v) is 26.8. The van der Waals surface area contributed by atoms with Gasteiger partial charge in [-0.2, -0.15) is 5.10 Å². The number of nitrogens with two attached hydrogens (primary N) is 1. The molecule has 0 bridgehead atoms. The van der Waals surface area contributed by atoms with Gasteiger partial charge in [0.2, 0.25) is 0 Å². The van der Waals surface area contributed by atoms with Crippen LogP contribution in [-0.4, -0.2) is 40.5 Å². The fourth-order valence-electron chi connectivity index (χ4n) is 6.39. The van der Waals surface area contributed by atoms with Gasteiger partial charge < -0.3 is 16.1 Å². The minimum Gasteiger partial charge on any atom is -0.345 e. The molecule has 236 valence electrons. The minimum atomic E-state index is -0.696. The van der Waals surface area contributed by atoms with Crippen molar-refractivity contribution in [2.24, 2.45) is 37.8 Å². The van der Waals surface area contributed by atoms with Gasteiger partial charge in [0, 0.05) is 11.1 Å². The van der Waals surface area contributed by atoms with E-state index in [-0.39, 0.29) is 46.9 Å². The van der Waals surface area contributed by atoms with E-state index in [1.165, 1.54) is 12.1 Å². The quantitative estimate of drug-likeness (QED) is 0.0986. The van der Waals surface area contributed by atoms with Crippen molar-refractivity contribution in [1.29, 1.82) is 5.53 Å². The fraction of sp³-hybridized carbons (Fsp3) is 0.529. The predicted octanol–water partition coefficient (Wildman–Crippen LogP) is 6.99. The van der Waals surface area contributed by atoms with Gasteiger partial charge in [-0.15, -0.1) is 5.11 Å². The summed E-state index contributed by atoms with van der Waals surface area (Å²) in [7, 11) is 0. The molecule has 9 nitrogen and oxygen atoms in total. The Morgan fingerprint density at radius 2 is 1.70 bits per heavy atom. The Hall–Kier alpha value is -3.95. The lowest BCUT2D eigenvalue weighted by molar-refractivity contribution is -0.134. The second kappa shape index (κ2) is 13.0. The van der Waals surface area contributed by atoms with Crippen LogP contribution in [0.5, 0.6) is 0 Å². The third kappa shape index (κ3) is 7.39. The van der Waals surface area contributed by atoms with Crippen LogP contribution in [0.3, 0.4) is 0 Å². The number of hydrogen-bond acceptors (Lipinski definition) is 6. The minimum absolute atomic E-state index is 0.00759. The molecule has 1 saturated carbocycles. The molecule has 1 aliphatic carbocycles. The van der Waals surface area contributed by atoms with Crippen molar-refractivity contribution in [2.75, 3.05) is 6.54 Å². The number of halogens is 1. The summed E-state index contributed by atoms with van der Waals surface area (Å²) >= 11 is 0. The van der Waals surface area contributed by atoms with Crippen LogP contribution in [0.4, 0.5) is 4.39 Å². The summed E-state index contributed by atoms with van der Waals surface area (Å²) in [5.41, 5.74) is 8.93. The lowest BCUT2D eigenvalue weighted by atomic mass is 9.69. The van der Waals surface area contributed by atoms with Crippen LogP contribution < -0.4 is 11.2 Å². The van der Waals surface area contributed by atoms with E-state index in [1.807, 2.05) is 17.0 Å². The van der Waals surface area contributed by atoms with E-state index in [4.69, 9.17) is 16.4 Å². The number of amidine groups is 1. The summed E-state index contributed by atoms with van der Waals surface area (Å²) in [5.74, 6) is 4.89. The second-order valence-electron chi connectivity index (χ2n) is 14.3. The van der Waals surface area contributed by atoms with E-state index >= 15 is 0 Å². The molecular formula is C34H46FN7O2. The molecule has 1 heterocycles. The number of carbonyl (C=O) groups is 2. The first-order valence-corrected chi connectivity index (χ1v) is 15.4. The normalized spacial score (nSPS) is 21.8. The molecule has 1 atom stereocenters. The number of hydrazone groups is 1. The van der Waals surface area contributed by atoms with E-state index in [2.05, 4.69) is 57.1 Å². The predicted molar refractivity (Wildman–Crippen MR) is 171 cm³/mol. The van der Waals surface area contributed by atoms with Gasteiger partial charge in [0.25, 0.3) is 11.8 Å². The monoisotopic (exact) mass is 603 g/mol. The first kappa shape index (κ1) is 33.0. The second-order valence-corrected chi connectivity index (χ2v) is 14.3. The summed E-state index contributed by atoms with van der Waals surface area (Å²) in [4.78, 5) is 34.5. The lowest BCUT2D eigenvalue weighted by Crippen LogP contribution is -2.51. The number of nitrogens with one attached hydrogen (secondary N) is 2. The Labute approximate surface area is 260 Å². The smallest absolute Gasteiger partial charge is 0.275 e. The van der Waals surface area contributed by atoms with Gasteiger partial charge in [-0.1, -0.05) is 53.7 Å². The average molecular weight is 604 g/mol. The molecule has 2 aromatic rings. The highest BCUT2D eigenvalue weighted by atomic mass is 19.1. The molecule has 0 radical (unpaired) electrons. The van der Waals surface area contributed by atoms with Crippen LogP contribution in [0.1, 0.15) is 108 Å². The van der Waals surface area contributed by atoms with Crippen LogP contribution in [0, 0.1) is 28.1 Å². The van der Waals surface area contributed by atoms with Crippen molar-refractivity contribution in [3.8, 4) is 0 Å².